The van der Waals surface area contributed by atoms with Crippen LogP contribution in [0.3, 0.4) is 0 Å². The van der Waals surface area contributed by atoms with E-state index in [0.717, 1.165) is 5.56 Å². The van der Waals surface area contributed by atoms with Gasteiger partial charge in [-0.15, -0.1) is 0 Å². The number of hydrogen-bond donors (Lipinski definition) is 1. The molecule has 2 aromatic carbocycles. The van der Waals surface area contributed by atoms with Crippen LogP contribution in [0.25, 0.3) is 0 Å². The van der Waals surface area contributed by atoms with Crippen LogP contribution in [-0.4, -0.2) is 17.7 Å². The van der Waals surface area contributed by atoms with Gasteiger partial charge in [0.05, 0.1) is 5.56 Å². The summed E-state index contributed by atoms with van der Waals surface area (Å²) < 4.78 is 5.06. The first-order valence-electron chi connectivity index (χ1n) is 5.72. The highest BCUT2D eigenvalue weighted by molar-refractivity contribution is 5.89. The maximum absolute atomic E-state index is 11.6. The van der Waals surface area contributed by atoms with E-state index in [1.54, 1.807) is 36.4 Å². The van der Waals surface area contributed by atoms with E-state index in [9.17, 15) is 9.90 Å². The van der Waals surface area contributed by atoms with Crippen molar-refractivity contribution in [3.63, 3.8) is 0 Å². The number of benzene rings is 2. The summed E-state index contributed by atoms with van der Waals surface area (Å²) in [5.74, 6) is -0.425. The molecule has 0 bridgehead atoms. The Labute approximate surface area is 106 Å². The van der Waals surface area contributed by atoms with Gasteiger partial charge in [-0.05, 0) is 17.7 Å². The summed E-state index contributed by atoms with van der Waals surface area (Å²) in [4.78, 5) is 11.6. The molecule has 0 heterocycles. The van der Waals surface area contributed by atoms with Crippen LogP contribution in [0.15, 0.2) is 60.7 Å². The van der Waals surface area contributed by atoms with Crippen molar-refractivity contribution in [1.82, 2.24) is 0 Å². The summed E-state index contributed by atoms with van der Waals surface area (Å²) in [7, 11) is 0. The molecule has 3 nitrogen and oxygen atoms in total. The van der Waals surface area contributed by atoms with Gasteiger partial charge in [-0.2, -0.15) is 0 Å². The third-order valence-electron chi connectivity index (χ3n) is 2.57. The van der Waals surface area contributed by atoms with E-state index in [0.29, 0.717) is 5.56 Å². The molecular formula is C15H14O3. The summed E-state index contributed by atoms with van der Waals surface area (Å²) in [6, 6.07) is 17.8. The Hall–Kier alpha value is -2.13. The lowest BCUT2D eigenvalue weighted by Crippen LogP contribution is -2.12. The molecule has 0 saturated carbocycles. The molecule has 0 radical (unpaired) electrons. The highest BCUT2D eigenvalue weighted by atomic mass is 16.5. The molecule has 18 heavy (non-hydrogen) atoms. The summed E-state index contributed by atoms with van der Waals surface area (Å²) in [6.45, 7) is -0.0439. The smallest absolute Gasteiger partial charge is 0.338 e. The van der Waals surface area contributed by atoms with Gasteiger partial charge in [0.15, 0.2) is 0 Å². The lowest BCUT2D eigenvalue weighted by atomic mass is 10.1. The first kappa shape index (κ1) is 12.3. The zero-order valence-corrected chi connectivity index (χ0v) is 9.82. The SMILES string of the molecule is O=C(OC[C@@H](O)c1ccccc1)c1ccccc1. The van der Waals surface area contributed by atoms with E-state index in [2.05, 4.69) is 0 Å². The van der Waals surface area contributed by atoms with Crippen LogP contribution < -0.4 is 0 Å². The second-order valence-electron chi connectivity index (χ2n) is 3.89. The first-order chi connectivity index (χ1) is 8.77. The van der Waals surface area contributed by atoms with Crippen LogP contribution in [-0.2, 0) is 4.74 Å². The van der Waals surface area contributed by atoms with E-state index in [1.807, 2.05) is 24.3 Å². The zero-order valence-electron chi connectivity index (χ0n) is 9.82. The number of esters is 1. The van der Waals surface area contributed by atoms with Crippen LogP contribution in [0.2, 0.25) is 0 Å². The average Bonchev–Trinajstić information content (AvgIpc) is 2.46. The highest BCUT2D eigenvalue weighted by Gasteiger charge is 2.11. The number of hydrogen-bond acceptors (Lipinski definition) is 3. The second-order valence-corrected chi connectivity index (χ2v) is 3.89. The lowest BCUT2D eigenvalue weighted by molar-refractivity contribution is 0.0254. The van der Waals surface area contributed by atoms with Crippen molar-refractivity contribution < 1.29 is 14.6 Å². The quantitative estimate of drug-likeness (QED) is 0.838. The summed E-state index contributed by atoms with van der Waals surface area (Å²) >= 11 is 0. The molecule has 0 amide bonds. The third kappa shape index (κ3) is 3.18. The normalized spacial score (nSPS) is 11.8. The lowest BCUT2D eigenvalue weighted by Gasteiger charge is -2.11. The standard InChI is InChI=1S/C15H14O3/c16-14(12-7-3-1-4-8-12)11-18-15(17)13-9-5-2-6-10-13/h1-10,14,16H,11H2/t14-/m1/s1. The number of aliphatic hydroxyl groups excluding tert-OH is 1. The zero-order chi connectivity index (χ0) is 12.8. The number of ether oxygens (including phenoxy) is 1. The van der Waals surface area contributed by atoms with E-state index < -0.39 is 12.1 Å². The Morgan fingerprint density at radius 2 is 1.56 bits per heavy atom. The van der Waals surface area contributed by atoms with Gasteiger partial charge in [-0.1, -0.05) is 48.5 Å². The largest absolute Gasteiger partial charge is 0.459 e. The Bertz CT molecular complexity index is 494. The van der Waals surface area contributed by atoms with E-state index in [-0.39, 0.29) is 6.61 Å². The van der Waals surface area contributed by atoms with Gasteiger partial charge < -0.3 is 9.84 Å². The molecule has 0 unspecified atom stereocenters. The molecule has 0 aliphatic rings. The molecular weight excluding hydrogens is 228 g/mol. The predicted octanol–water partition coefficient (Wildman–Crippen LogP) is 2.58. The maximum atomic E-state index is 11.6. The number of aliphatic hydroxyl groups is 1. The Kier molecular flexibility index (Phi) is 4.10. The number of carbonyl (C=O) groups excluding carboxylic acids is 1. The average molecular weight is 242 g/mol. The van der Waals surface area contributed by atoms with Crippen molar-refractivity contribution in [3.8, 4) is 0 Å². The van der Waals surface area contributed by atoms with Gasteiger partial charge in [0.2, 0.25) is 0 Å². The van der Waals surface area contributed by atoms with Gasteiger partial charge in [0.1, 0.15) is 12.7 Å². The molecule has 1 atom stereocenters. The van der Waals surface area contributed by atoms with Crippen molar-refractivity contribution in [2.45, 2.75) is 6.10 Å². The van der Waals surface area contributed by atoms with Gasteiger partial charge in [0, 0.05) is 0 Å². The fourth-order valence-electron chi connectivity index (χ4n) is 1.58. The van der Waals surface area contributed by atoms with Crippen LogP contribution in [0.4, 0.5) is 0 Å². The molecule has 1 N–H and O–H groups in total. The number of carbonyl (C=O) groups is 1. The fraction of sp³-hybridized carbons (Fsp3) is 0.133. The highest BCUT2D eigenvalue weighted by Crippen LogP contribution is 2.13. The van der Waals surface area contributed by atoms with Crippen molar-refractivity contribution in [2.24, 2.45) is 0 Å². The van der Waals surface area contributed by atoms with E-state index in [1.165, 1.54) is 0 Å². The predicted molar refractivity (Wildman–Crippen MR) is 68.1 cm³/mol. The molecule has 0 saturated heterocycles. The van der Waals surface area contributed by atoms with Gasteiger partial charge in [-0.25, -0.2) is 4.79 Å². The molecule has 2 aromatic rings. The Morgan fingerprint density at radius 3 is 2.17 bits per heavy atom. The van der Waals surface area contributed by atoms with Crippen molar-refractivity contribution in [3.05, 3.63) is 71.8 Å². The van der Waals surface area contributed by atoms with Crippen LogP contribution >= 0.6 is 0 Å². The van der Waals surface area contributed by atoms with Crippen molar-refractivity contribution in [2.75, 3.05) is 6.61 Å². The van der Waals surface area contributed by atoms with E-state index in [4.69, 9.17) is 4.74 Å². The second kappa shape index (κ2) is 5.98. The molecule has 0 fully saturated rings. The monoisotopic (exact) mass is 242 g/mol. The topological polar surface area (TPSA) is 46.5 Å². The molecule has 3 heteroatoms. The molecule has 92 valence electrons. The summed E-state index contributed by atoms with van der Waals surface area (Å²) in [5, 5.41) is 9.84. The summed E-state index contributed by atoms with van der Waals surface area (Å²) in [5.41, 5.74) is 1.22. The summed E-state index contributed by atoms with van der Waals surface area (Å²) in [6.07, 6.45) is -0.793. The van der Waals surface area contributed by atoms with Crippen molar-refractivity contribution in [1.29, 1.82) is 0 Å². The Morgan fingerprint density at radius 1 is 1.00 bits per heavy atom. The van der Waals surface area contributed by atoms with Gasteiger partial charge in [-0.3, -0.25) is 0 Å². The fourth-order valence-corrected chi connectivity index (χ4v) is 1.58. The Balaban J connectivity index is 1.91. The molecule has 0 aromatic heterocycles. The molecule has 2 rings (SSSR count). The van der Waals surface area contributed by atoms with Gasteiger partial charge in [0.25, 0.3) is 0 Å². The van der Waals surface area contributed by atoms with Crippen LogP contribution in [0, 0.1) is 0 Å². The first-order valence-corrected chi connectivity index (χ1v) is 5.72. The van der Waals surface area contributed by atoms with Crippen molar-refractivity contribution >= 4 is 5.97 Å². The molecule has 0 aliphatic carbocycles. The van der Waals surface area contributed by atoms with Gasteiger partial charge >= 0.3 is 5.97 Å². The minimum atomic E-state index is -0.793. The minimum absolute atomic E-state index is 0.0439. The third-order valence-corrected chi connectivity index (χ3v) is 2.57. The number of rotatable bonds is 4. The molecule has 0 aliphatic heterocycles. The maximum Gasteiger partial charge on any atom is 0.338 e. The van der Waals surface area contributed by atoms with Crippen LogP contribution in [0.5, 0.6) is 0 Å². The van der Waals surface area contributed by atoms with E-state index >= 15 is 0 Å². The molecule has 0 spiro atoms. The van der Waals surface area contributed by atoms with Crippen LogP contribution in [0.1, 0.15) is 22.0 Å². The minimum Gasteiger partial charge on any atom is -0.459 e.